The Labute approximate surface area is 115 Å². The summed E-state index contributed by atoms with van der Waals surface area (Å²) in [7, 11) is 1.83. The Balaban J connectivity index is 1.71. The molecule has 1 heterocycles. The van der Waals surface area contributed by atoms with Gasteiger partial charge < -0.3 is 10.6 Å². The van der Waals surface area contributed by atoms with Crippen LogP contribution < -0.4 is 10.6 Å². The molecule has 104 valence electrons. The van der Waals surface area contributed by atoms with Crippen LogP contribution in [0.25, 0.3) is 0 Å². The third-order valence-corrected chi connectivity index (χ3v) is 3.83. The minimum Gasteiger partial charge on any atom is -0.388 e. The molecule has 1 aliphatic carbocycles. The molecule has 0 saturated heterocycles. The Morgan fingerprint density at radius 1 is 1.42 bits per heavy atom. The van der Waals surface area contributed by atoms with Crippen molar-refractivity contribution >= 4 is 11.6 Å². The van der Waals surface area contributed by atoms with Gasteiger partial charge in [0.15, 0.2) is 0 Å². The van der Waals surface area contributed by atoms with Gasteiger partial charge in [-0.05, 0) is 30.9 Å². The first-order valence-electron chi connectivity index (χ1n) is 7.21. The van der Waals surface area contributed by atoms with E-state index >= 15 is 0 Å². The van der Waals surface area contributed by atoms with Gasteiger partial charge in [0.25, 0.3) is 5.91 Å². The lowest BCUT2D eigenvalue weighted by Gasteiger charge is -2.09. The van der Waals surface area contributed by atoms with Crippen molar-refractivity contribution in [1.29, 1.82) is 0 Å². The smallest absolute Gasteiger partial charge is 0.269 e. The van der Waals surface area contributed by atoms with E-state index in [2.05, 4.69) is 15.6 Å². The molecule has 0 unspecified atom stereocenters. The molecule has 0 aromatic carbocycles. The van der Waals surface area contributed by atoms with E-state index in [-0.39, 0.29) is 5.91 Å². The Morgan fingerprint density at radius 3 is 2.95 bits per heavy atom. The van der Waals surface area contributed by atoms with E-state index in [9.17, 15) is 4.79 Å². The standard InChI is InChI=1S/C15H23N3O/c1-16-13-8-10-17-14(11-13)15(19)18-9-4-7-12-5-2-3-6-12/h8,10-12H,2-7,9H2,1H3,(H,16,17)(H,18,19). The van der Waals surface area contributed by atoms with Gasteiger partial charge >= 0.3 is 0 Å². The molecular formula is C15H23N3O. The molecule has 1 aromatic heterocycles. The van der Waals surface area contributed by atoms with Crippen molar-refractivity contribution in [2.24, 2.45) is 5.92 Å². The van der Waals surface area contributed by atoms with Gasteiger partial charge in [-0.15, -0.1) is 0 Å². The van der Waals surface area contributed by atoms with Crippen molar-refractivity contribution in [3.8, 4) is 0 Å². The van der Waals surface area contributed by atoms with Crippen molar-refractivity contribution in [3.63, 3.8) is 0 Å². The van der Waals surface area contributed by atoms with Gasteiger partial charge in [0.05, 0.1) is 0 Å². The zero-order valence-electron chi connectivity index (χ0n) is 11.6. The zero-order valence-corrected chi connectivity index (χ0v) is 11.6. The number of carbonyl (C=O) groups is 1. The Morgan fingerprint density at radius 2 is 2.21 bits per heavy atom. The fraction of sp³-hybridized carbons (Fsp3) is 0.600. The summed E-state index contributed by atoms with van der Waals surface area (Å²) in [5.41, 5.74) is 1.39. The first-order chi connectivity index (χ1) is 9.29. The quantitative estimate of drug-likeness (QED) is 0.774. The lowest BCUT2D eigenvalue weighted by atomic mass is 10.0. The van der Waals surface area contributed by atoms with Gasteiger partial charge in [-0.25, -0.2) is 0 Å². The molecule has 2 N–H and O–H groups in total. The zero-order chi connectivity index (χ0) is 13.5. The molecule has 0 spiro atoms. The molecule has 4 heteroatoms. The minimum absolute atomic E-state index is 0.0801. The monoisotopic (exact) mass is 261 g/mol. The molecule has 1 amide bonds. The molecule has 1 aromatic rings. The van der Waals surface area contributed by atoms with Crippen LogP contribution in [-0.4, -0.2) is 24.5 Å². The maximum absolute atomic E-state index is 11.9. The van der Waals surface area contributed by atoms with E-state index < -0.39 is 0 Å². The van der Waals surface area contributed by atoms with Crippen molar-refractivity contribution in [2.75, 3.05) is 18.9 Å². The highest BCUT2D eigenvalue weighted by Crippen LogP contribution is 2.28. The molecule has 2 rings (SSSR count). The normalized spacial score (nSPS) is 15.4. The predicted molar refractivity (Wildman–Crippen MR) is 77.3 cm³/mol. The van der Waals surface area contributed by atoms with Crippen molar-refractivity contribution in [3.05, 3.63) is 24.0 Å². The van der Waals surface area contributed by atoms with Crippen LogP contribution in [0.5, 0.6) is 0 Å². The third-order valence-electron chi connectivity index (χ3n) is 3.83. The fourth-order valence-electron chi connectivity index (χ4n) is 2.69. The maximum Gasteiger partial charge on any atom is 0.269 e. The molecule has 0 radical (unpaired) electrons. The average molecular weight is 261 g/mol. The minimum atomic E-state index is -0.0801. The highest BCUT2D eigenvalue weighted by atomic mass is 16.1. The van der Waals surface area contributed by atoms with Crippen LogP contribution in [0.3, 0.4) is 0 Å². The molecule has 19 heavy (non-hydrogen) atoms. The van der Waals surface area contributed by atoms with E-state index in [0.717, 1.165) is 24.6 Å². The van der Waals surface area contributed by atoms with E-state index in [4.69, 9.17) is 0 Å². The summed E-state index contributed by atoms with van der Waals surface area (Å²) in [6.45, 7) is 0.751. The second kappa shape index (κ2) is 7.12. The maximum atomic E-state index is 11.9. The molecule has 4 nitrogen and oxygen atoms in total. The van der Waals surface area contributed by atoms with Crippen LogP contribution in [0.4, 0.5) is 5.69 Å². The number of amides is 1. The SMILES string of the molecule is CNc1ccnc(C(=O)NCCCC2CCCC2)c1. The molecule has 1 saturated carbocycles. The Bertz CT molecular complexity index is 414. The van der Waals surface area contributed by atoms with E-state index in [1.165, 1.54) is 32.1 Å². The van der Waals surface area contributed by atoms with Crippen molar-refractivity contribution in [1.82, 2.24) is 10.3 Å². The molecule has 1 fully saturated rings. The van der Waals surface area contributed by atoms with Crippen LogP contribution in [0.1, 0.15) is 49.0 Å². The summed E-state index contributed by atoms with van der Waals surface area (Å²) < 4.78 is 0. The summed E-state index contributed by atoms with van der Waals surface area (Å²) in [6, 6.07) is 3.61. The van der Waals surface area contributed by atoms with Crippen LogP contribution in [0.15, 0.2) is 18.3 Å². The van der Waals surface area contributed by atoms with E-state index in [0.29, 0.717) is 5.69 Å². The van der Waals surface area contributed by atoms with Crippen LogP contribution in [0, 0.1) is 5.92 Å². The fourth-order valence-corrected chi connectivity index (χ4v) is 2.69. The van der Waals surface area contributed by atoms with Gasteiger partial charge in [0.2, 0.25) is 0 Å². The summed E-state index contributed by atoms with van der Waals surface area (Å²) in [5, 5.41) is 5.95. The largest absolute Gasteiger partial charge is 0.388 e. The molecule has 0 bridgehead atoms. The van der Waals surface area contributed by atoms with Gasteiger partial charge in [0.1, 0.15) is 5.69 Å². The predicted octanol–water partition coefficient (Wildman–Crippen LogP) is 2.82. The second-order valence-corrected chi connectivity index (χ2v) is 5.23. The Kier molecular flexibility index (Phi) is 5.19. The van der Waals surface area contributed by atoms with Gasteiger partial charge in [-0.2, -0.15) is 0 Å². The summed E-state index contributed by atoms with van der Waals surface area (Å²) in [4.78, 5) is 16.0. The van der Waals surface area contributed by atoms with Crippen molar-refractivity contribution in [2.45, 2.75) is 38.5 Å². The number of nitrogens with one attached hydrogen (secondary N) is 2. The highest BCUT2D eigenvalue weighted by molar-refractivity contribution is 5.93. The number of rotatable bonds is 6. The van der Waals surface area contributed by atoms with E-state index in [1.807, 2.05) is 13.1 Å². The number of hydrogen-bond donors (Lipinski definition) is 2. The molecule has 1 aliphatic rings. The topological polar surface area (TPSA) is 54.0 Å². The van der Waals surface area contributed by atoms with Gasteiger partial charge in [0, 0.05) is 25.5 Å². The van der Waals surface area contributed by atoms with Crippen LogP contribution in [0.2, 0.25) is 0 Å². The first kappa shape index (κ1) is 13.8. The lowest BCUT2D eigenvalue weighted by Crippen LogP contribution is -2.25. The van der Waals surface area contributed by atoms with Gasteiger partial charge in [-0.1, -0.05) is 25.7 Å². The number of nitrogens with zero attached hydrogens (tertiary/aromatic N) is 1. The number of carbonyl (C=O) groups excluding carboxylic acids is 1. The Hall–Kier alpha value is -1.58. The second-order valence-electron chi connectivity index (χ2n) is 5.23. The number of hydrogen-bond acceptors (Lipinski definition) is 3. The lowest BCUT2D eigenvalue weighted by molar-refractivity contribution is 0.0947. The third kappa shape index (κ3) is 4.23. The number of pyridine rings is 1. The first-order valence-corrected chi connectivity index (χ1v) is 7.21. The molecule has 0 atom stereocenters. The molecular weight excluding hydrogens is 238 g/mol. The number of anilines is 1. The van der Waals surface area contributed by atoms with Crippen molar-refractivity contribution < 1.29 is 4.79 Å². The molecule has 0 aliphatic heterocycles. The van der Waals surface area contributed by atoms with Crippen LogP contribution in [-0.2, 0) is 0 Å². The number of aromatic nitrogens is 1. The summed E-state index contributed by atoms with van der Waals surface area (Å²) in [6.07, 6.45) is 9.49. The van der Waals surface area contributed by atoms with Gasteiger partial charge in [-0.3, -0.25) is 9.78 Å². The summed E-state index contributed by atoms with van der Waals surface area (Å²) in [5.74, 6) is 0.811. The van der Waals surface area contributed by atoms with E-state index in [1.54, 1.807) is 12.3 Å². The summed E-state index contributed by atoms with van der Waals surface area (Å²) >= 11 is 0. The van der Waals surface area contributed by atoms with Crippen LogP contribution >= 0.6 is 0 Å². The highest BCUT2D eigenvalue weighted by Gasteiger charge is 2.14. The average Bonchev–Trinajstić information content (AvgIpc) is 2.96.